The number of hydrogen-bond acceptors (Lipinski definition) is 3. The molecule has 20 heavy (non-hydrogen) atoms. The second kappa shape index (κ2) is 7.49. The second-order valence-corrected chi connectivity index (χ2v) is 4.76. The topological polar surface area (TPSA) is 86.9 Å². The van der Waals surface area contributed by atoms with E-state index >= 15 is 0 Å². The highest BCUT2D eigenvalue weighted by Gasteiger charge is 2.19. The Hall–Kier alpha value is -2.08. The summed E-state index contributed by atoms with van der Waals surface area (Å²) >= 11 is 0. The Kier molecular flexibility index (Phi) is 5.99. The van der Waals surface area contributed by atoms with Crippen LogP contribution in [0.1, 0.15) is 5.56 Å². The van der Waals surface area contributed by atoms with E-state index in [-0.39, 0.29) is 12.5 Å². The number of nitrogens with two attached hydrogens (primary N) is 1. The standard InChI is InChI=1S/C14H21N3O3/c1-16(8-9-17(2)14(19)20)13(18)12(15)10-11-6-4-3-5-7-11/h3-7,12H,8-10,15H2,1-2H3,(H,19,20). The molecule has 6 nitrogen and oxygen atoms in total. The quantitative estimate of drug-likeness (QED) is 0.799. The summed E-state index contributed by atoms with van der Waals surface area (Å²) < 4.78 is 0. The Balaban J connectivity index is 2.45. The molecular weight excluding hydrogens is 258 g/mol. The minimum Gasteiger partial charge on any atom is -0.465 e. The lowest BCUT2D eigenvalue weighted by molar-refractivity contribution is -0.131. The van der Waals surface area contributed by atoms with Gasteiger partial charge in [0, 0.05) is 27.2 Å². The fraction of sp³-hybridized carbons (Fsp3) is 0.429. The van der Waals surface area contributed by atoms with Crippen molar-refractivity contribution in [3.8, 4) is 0 Å². The van der Waals surface area contributed by atoms with Crippen molar-refractivity contribution < 1.29 is 14.7 Å². The maximum absolute atomic E-state index is 12.1. The molecule has 0 aliphatic heterocycles. The zero-order chi connectivity index (χ0) is 15.1. The van der Waals surface area contributed by atoms with Gasteiger partial charge in [0.15, 0.2) is 0 Å². The monoisotopic (exact) mass is 279 g/mol. The predicted octanol–water partition coefficient (Wildman–Crippen LogP) is 0.625. The van der Waals surface area contributed by atoms with Crippen molar-refractivity contribution in [2.24, 2.45) is 5.73 Å². The van der Waals surface area contributed by atoms with E-state index in [2.05, 4.69) is 0 Å². The summed E-state index contributed by atoms with van der Waals surface area (Å²) in [4.78, 5) is 25.3. The van der Waals surface area contributed by atoms with Gasteiger partial charge in [0.1, 0.15) is 0 Å². The molecule has 3 N–H and O–H groups in total. The van der Waals surface area contributed by atoms with Crippen molar-refractivity contribution >= 4 is 12.0 Å². The molecule has 0 saturated heterocycles. The highest BCUT2D eigenvalue weighted by Crippen LogP contribution is 2.03. The number of nitrogens with zero attached hydrogens (tertiary/aromatic N) is 2. The summed E-state index contributed by atoms with van der Waals surface area (Å²) in [6.45, 7) is 0.583. The molecule has 1 rings (SSSR count). The van der Waals surface area contributed by atoms with Crippen molar-refractivity contribution in [2.45, 2.75) is 12.5 Å². The number of amides is 2. The Morgan fingerprint density at radius 2 is 1.70 bits per heavy atom. The third-order valence-corrected chi connectivity index (χ3v) is 3.09. The third-order valence-electron chi connectivity index (χ3n) is 3.09. The molecule has 0 saturated carbocycles. The zero-order valence-corrected chi connectivity index (χ0v) is 11.8. The smallest absolute Gasteiger partial charge is 0.407 e. The van der Waals surface area contributed by atoms with Crippen LogP contribution in [0.25, 0.3) is 0 Å². The van der Waals surface area contributed by atoms with Crippen molar-refractivity contribution in [3.63, 3.8) is 0 Å². The van der Waals surface area contributed by atoms with Gasteiger partial charge in [-0.15, -0.1) is 0 Å². The molecule has 1 aromatic carbocycles. The van der Waals surface area contributed by atoms with Gasteiger partial charge in [-0.3, -0.25) is 4.79 Å². The lowest BCUT2D eigenvalue weighted by Crippen LogP contribution is -2.45. The molecule has 6 heteroatoms. The summed E-state index contributed by atoms with van der Waals surface area (Å²) in [6.07, 6.45) is -0.543. The van der Waals surface area contributed by atoms with Crippen LogP contribution >= 0.6 is 0 Å². The summed E-state index contributed by atoms with van der Waals surface area (Å²) in [6, 6.07) is 8.94. The van der Waals surface area contributed by atoms with E-state index < -0.39 is 12.1 Å². The maximum Gasteiger partial charge on any atom is 0.407 e. The van der Waals surface area contributed by atoms with E-state index in [1.165, 1.54) is 11.9 Å². The Labute approximate surface area is 118 Å². The van der Waals surface area contributed by atoms with Gasteiger partial charge in [0.2, 0.25) is 5.91 Å². The average molecular weight is 279 g/mol. The van der Waals surface area contributed by atoms with Gasteiger partial charge in [0.05, 0.1) is 6.04 Å². The first kappa shape index (κ1) is 16.0. The van der Waals surface area contributed by atoms with E-state index in [0.717, 1.165) is 10.5 Å². The lowest BCUT2D eigenvalue weighted by Gasteiger charge is -2.23. The maximum atomic E-state index is 12.1. The van der Waals surface area contributed by atoms with Crippen LogP contribution in [-0.4, -0.2) is 60.1 Å². The number of carbonyl (C=O) groups excluding carboxylic acids is 1. The first-order valence-electron chi connectivity index (χ1n) is 6.40. The molecule has 1 atom stereocenters. The summed E-state index contributed by atoms with van der Waals surface area (Å²) in [5.74, 6) is -0.187. The van der Waals surface area contributed by atoms with Crippen LogP contribution in [0.4, 0.5) is 4.79 Å². The number of hydrogen-bond donors (Lipinski definition) is 2. The molecule has 0 radical (unpaired) electrons. The van der Waals surface area contributed by atoms with Gasteiger partial charge < -0.3 is 20.6 Å². The molecule has 0 fully saturated rings. The molecule has 0 bridgehead atoms. The first-order valence-corrected chi connectivity index (χ1v) is 6.40. The van der Waals surface area contributed by atoms with Crippen molar-refractivity contribution in [1.82, 2.24) is 9.80 Å². The largest absolute Gasteiger partial charge is 0.465 e. The van der Waals surface area contributed by atoms with Crippen LogP contribution in [0, 0.1) is 0 Å². The first-order chi connectivity index (χ1) is 9.41. The van der Waals surface area contributed by atoms with Crippen LogP contribution in [-0.2, 0) is 11.2 Å². The van der Waals surface area contributed by atoms with Crippen molar-refractivity contribution in [3.05, 3.63) is 35.9 Å². The SMILES string of the molecule is CN(CCN(C)C(=O)C(N)Cc1ccccc1)C(=O)O. The zero-order valence-electron chi connectivity index (χ0n) is 11.8. The van der Waals surface area contributed by atoms with Crippen LogP contribution in [0.5, 0.6) is 0 Å². The van der Waals surface area contributed by atoms with Crippen LogP contribution in [0.2, 0.25) is 0 Å². The minimum atomic E-state index is -1.01. The average Bonchev–Trinajstić information content (AvgIpc) is 2.44. The molecular formula is C14H21N3O3. The fourth-order valence-corrected chi connectivity index (χ4v) is 1.74. The molecule has 1 unspecified atom stereocenters. The predicted molar refractivity (Wildman–Crippen MR) is 76.4 cm³/mol. The third kappa shape index (κ3) is 4.89. The number of likely N-dealkylation sites (N-methyl/N-ethyl adjacent to an activating group) is 2. The molecule has 0 heterocycles. The van der Waals surface area contributed by atoms with Crippen LogP contribution < -0.4 is 5.73 Å². The van der Waals surface area contributed by atoms with Crippen molar-refractivity contribution in [1.29, 1.82) is 0 Å². The lowest BCUT2D eigenvalue weighted by atomic mass is 10.1. The van der Waals surface area contributed by atoms with E-state index in [4.69, 9.17) is 10.8 Å². The number of benzene rings is 1. The molecule has 2 amide bonds. The molecule has 0 spiro atoms. The molecule has 0 aliphatic carbocycles. The number of rotatable bonds is 6. The Morgan fingerprint density at radius 3 is 2.25 bits per heavy atom. The van der Waals surface area contributed by atoms with E-state index in [1.54, 1.807) is 7.05 Å². The Bertz CT molecular complexity index is 450. The van der Waals surface area contributed by atoms with Gasteiger partial charge >= 0.3 is 6.09 Å². The summed E-state index contributed by atoms with van der Waals surface area (Å²) in [5, 5.41) is 8.74. The molecule has 0 aromatic heterocycles. The summed E-state index contributed by atoms with van der Waals surface area (Å²) in [7, 11) is 3.09. The minimum absolute atomic E-state index is 0.187. The van der Waals surface area contributed by atoms with Gasteiger partial charge in [-0.1, -0.05) is 30.3 Å². The van der Waals surface area contributed by atoms with E-state index in [0.29, 0.717) is 13.0 Å². The van der Waals surface area contributed by atoms with Crippen molar-refractivity contribution in [2.75, 3.05) is 27.2 Å². The van der Waals surface area contributed by atoms with Gasteiger partial charge in [-0.2, -0.15) is 0 Å². The van der Waals surface area contributed by atoms with Crippen LogP contribution in [0.3, 0.4) is 0 Å². The molecule has 110 valence electrons. The Morgan fingerprint density at radius 1 is 1.15 bits per heavy atom. The highest BCUT2D eigenvalue weighted by molar-refractivity contribution is 5.81. The number of carbonyl (C=O) groups is 2. The van der Waals surface area contributed by atoms with E-state index in [9.17, 15) is 9.59 Å². The second-order valence-electron chi connectivity index (χ2n) is 4.76. The molecule has 1 aromatic rings. The van der Waals surface area contributed by atoms with Gasteiger partial charge in [0.25, 0.3) is 0 Å². The van der Waals surface area contributed by atoms with E-state index in [1.807, 2.05) is 30.3 Å². The number of carboxylic acid groups (broad SMARTS) is 1. The summed E-state index contributed by atoms with van der Waals surface area (Å²) in [5.41, 5.74) is 6.90. The highest BCUT2D eigenvalue weighted by atomic mass is 16.4. The normalized spacial score (nSPS) is 11.8. The van der Waals surface area contributed by atoms with Gasteiger partial charge in [-0.05, 0) is 12.0 Å². The van der Waals surface area contributed by atoms with Crippen LogP contribution in [0.15, 0.2) is 30.3 Å². The fourth-order valence-electron chi connectivity index (χ4n) is 1.74. The molecule has 0 aliphatic rings. The van der Waals surface area contributed by atoms with Gasteiger partial charge in [-0.25, -0.2) is 4.79 Å².